The Morgan fingerprint density at radius 1 is 0.550 bits per heavy atom. The lowest BCUT2D eigenvalue weighted by atomic mass is 10.2. The van der Waals surface area contributed by atoms with Crippen molar-refractivity contribution in [2.75, 3.05) is 36.8 Å². The van der Waals surface area contributed by atoms with Gasteiger partial charge in [-0.25, -0.2) is 16.8 Å². The number of hydrogen-bond acceptors (Lipinski definition) is 6. The van der Waals surface area contributed by atoms with Gasteiger partial charge in [-0.15, -0.1) is 0 Å². The number of carbonyl (C=O) groups excluding carboxylic acids is 2. The van der Waals surface area contributed by atoms with Gasteiger partial charge in [-0.1, -0.05) is 12.1 Å². The van der Waals surface area contributed by atoms with Gasteiger partial charge < -0.3 is 10.6 Å². The van der Waals surface area contributed by atoms with Crippen LogP contribution in [-0.2, 0) is 20.0 Å². The molecule has 2 fully saturated rings. The van der Waals surface area contributed by atoms with E-state index in [2.05, 4.69) is 10.6 Å². The molecule has 0 radical (unpaired) electrons. The predicted molar refractivity (Wildman–Crippen MR) is 151 cm³/mol. The summed E-state index contributed by atoms with van der Waals surface area (Å²) in [6, 6.07) is 18.3. The predicted octanol–water partition coefficient (Wildman–Crippen LogP) is 3.76. The zero-order valence-corrected chi connectivity index (χ0v) is 23.4. The number of hydrogen-bond donors (Lipinski definition) is 2. The minimum Gasteiger partial charge on any atom is -0.322 e. The van der Waals surface area contributed by atoms with Crippen LogP contribution in [0.25, 0.3) is 0 Å². The second-order valence-electron chi connectivity index (χ2n) is 9.76. The molecule has 0 unspecified atom stereocenters. The zero-order chi connectivity index (χ0) is 28.3. The van der Waals surface area contributed by atoms with Gasteiger partial charge in [-0.3, -0.25) is 9.59 Å². The van der Waals surface area contributed by atoms with Gasteiger partial charge in [0.2, 0.25) is 20.0 Å². The van der Waals surface area contributed by atoms with Crippen molar-refractivity contribution < 1.29 is 26.4 Å². The number of nitrogens with zero attached hydrogens (tertiary/aromatic N) is 2. The van der Waals surface area contributed by atoms with E-state index < -0.39 is 31.9 Å². The monoisotopic (exact) mass is 582 g/mol. The lowest BCUT2D eigenvalue weighted by Crippen LogP contribution is -2.28. The maximum absolute atomic E-state index is 12.9. The molecule has 2 aliphatic rings. The van der Waals surface area contributed by atoms with Crippen LogP contribution in [0, 0.1) is 0 Å². The Bertz CT molecular complexity index is 1500. The summed E-state index contributed by atoms with van der Waals surface area (Å²) in [5.41, 5.74) is 1.33. The van der Waals surface area contributed by atoms with E-state index in [-0.39, 0.29) is 20.9 Å². The topological polar surface area (TPSA) is 133 Å². The summed E-state index contributed by atoms with van der Waals surface area (Å²) in [7, 11) is -7.29. The number of anilines is 2. The third kappa shape index (κ3) is 5.94. The smallest absolute Gasteiger partial charge is 0.255 e. The fourth-order valence-electron chi connectivity index (χ4n) is 4.79. The molecule has 40 heavy (non-hydrogen) atoms. The highest BCUT2D eigenvalue weighted by Crippen LogP contribution is 2.24. The second kappa shape index (κ2) is 11.5. The lowest BCUT2D eigenvalue weighted by Gasteiger charge is -2.16. The van der Waals surface area contributed by atoms with Crippen LogP contribution in [0.3, 0.4) is 0 Å². The van der Waals surface area contributed by atoms with Gasteiger partial charge in [-0.05, 0) is 86.3 Å². The molecular formula is C28H30N4O6S2. The summed E-state index contributed by atoms with van der Waals surface area (Å²) in [6.45, 7) is 1.91. The summed E-state index contributed by atoms with van der Waals surface area (Å²) >= 11 is 0. The van der Waals surface area contributed by atoms with E-state index >= 15 is 0 Å². The summed E-state index contributed by atoms with van der Waals surface area (Å²) in [4.78, 5) is 25.8. The third-order valence-corrected chi connectivity index (χ3v) is 10.8. The van der Waals surface area contributed by atoms with E-state index in [9.17, 15) is 26.4 Å². The van der Waals surface area contributed by atoms with Gasteiger partial charge in [0.25, 0.3) is 11.8 Å². The van der Waals surface area contributed by atoms with Crippen LogP contribution in [0.4, 0.5) is 11.4 Å². The Kier molecular flexibility index (Phi) is 8.04. The standard InChI is InChI=1S/C28H30N4O6S2/c33-27(21-7-5-9-25(19-21)39(35,36)31-15-1-2-16-31)29-23-11-13-24(14-12-23)30-28(34)22-8-6-10-26(20-22)40(37,38)32-17-3-4-18-32/h5-14,19-20H,1-4,15-18H2,(H,29,33)(H,30,34). The van der Waals surface area contributed by atoms with Crippen molar-refractivity contribution in [3.05, 3.63) is 83.9 Å². The molecule has 2 saturated heterocycles. The summed E-state index contributed by atoms with van der Waals surface area (Å²) < 4.78 is 54.3. The Balaban J connectivity index is 1.23. The van der Waals surface area contributed by atoms with Crippen molar-refractivity contribution >= 4 is 43.2 Å². The fourth-order valence-corrected chi connectivity index (χ4v) is 7.92. The molecule has 0 spiro atoms. The molecule has 12 heteroatoms. The Morgan fingerprint density at radius 2 is 0.900 bits per heavy atom. The van der Waals surface area contributed by atoms with Crippen molar-refractivity contribution in [2.45, 2.75) is 35.5 Å². The van der Waals surface area contributed by atoms with Gasteiger partial charge in [-0.2, -0.15) is 8.61 Å². The lowest BCUT2D eigenvalue weighted by molar-refractivity contribution is 0.101. The van der Waals surface area contributed by atoms with E-state index in [0.717, 1.165) is 25.7 Å². The number of nitrogens with one attached hydrogen (secondary N) is 2. The maximum Gasteiger partial charge on any atom is 0.255 e. The van der Waals surface area contributed by atoms with Crippen molar-refractivity contribution in [1.29, 1.82) is 0 Å². The first-order chi connectivity index (χ1) is 19.1. The molecule has 0 bridgehead atoms. The molecule has 2 amide bonds. The van der Waals surface area contributed by atoms with Crippen molar-refractivity contribution in [3.8, 4) is 0 Å². The van der Waals surface area contributed by atoms with E-state index in [4.69, 9.17) is 0 Å². The van der Waals surface area contributed by atoms with Gasteiger partial charge >= 0.3 is 0 Å². The van der Waals surface area contributed by atoms with E-state index in [1.165, 1.54) is 32.9 Å². The number of rotatable bonds is 8. The highest BCUT2D eigenvalue weighted by Gasteiger charge is 2.29. The SMILES string of the molecule is O=C(Nc1ccc(NC(=O)c2cccc(S(=O)(=O)N3CCCC3)c2)cc1)c1cccc(S(=O)(=O)N2CCCC2)c1. The zero-order valence-electron chi connectivity index (χ0n) is 21.7. The minimum atomic E-state index is -3.65. The normalized spacial score (nSPS) is 16.6. The van der Waals surface area contributed by atoms with Crippen molar-refractivity contribution in [2.24, 2.45) is 0 Å². The van der Waals surface area contributed by atoms with Gasteiger partial charge in [0.15, 0.2) is 0 Å². The summed E-state index contributed by atoms with van der Waals surface area (Å²) in [6.07, 6.45) is 3.29. The molecule has 0 atom stereocenters. The quantitative estimate of drug-likeness (QED) is 0.416. The molecular weight excluding hydrogens is 552 g/mol. The van der Waals surface area contributed by atoms with E-state index in [1.807, 2.05) is 0 Å². The van der Waals surface area contributed by atoms with E-state index in [0.29, 0.717) is 37.6 Å². The molecule has 0 saturated carbocycles. The number of sulfonamides is 2. The van der Waals surface area contributed by atoms with Gasteiger partial charge in [0.1, 0.15) is 0 Å². The molecule has 3 aromatic carbocycles. The number of carbonyl (C=O) groups is 2. The highest BCUT2D eigenvalue weighted by atomic mass is 32.2. The Morgan fingerprint density at radius 3 is 1.25 bits per heavy atom. The molecule has 2 N–H and O–H groups in total. The Labute approximate surface area is 234 Å². The van der Waals surface area contributed by atoms with Crippen LogP contribution in [0.2, 0.25) is 0 Å². The fraction of sp³-hybridized carbons (Fsp3) is 0.286. The van der Waals surface area contributed by atoms with Gasteiger partial charge in [0.05, 0.1) is 9.79 Å². The van der Waals surface area contributed by atoms with Crippen LogP contribution >= 0.6 is 0 Å². The number of amides is 2. The summed E-state index contributed by atoms with van der Waals surface area (Å²) in [5.74, 6) is -0.933. The minimum absolute atomic E-state index is 0.0809. The molecule has 210 valence electrons. The summed E-state index contributed by atoms with van der Waals surface area (Å²) in [5, 5.41) is 5.48. The molecule has 3 aromatic rings. The van der Waals surface area contributed by atoms with Gasteiger partial charge in [0, 0.05) is 48.7 Å². The van der Waals surface area contributed by atoms with Crippen LogP contribution in [0.5, 0.6) is 0 Å². The molecule has 0 aliphatic carbocycles. The molecule has 2 aliphatic heterocycles. The maximum atomic E-state index is 12.9. The van der Waals surface area contributed by atoms with Crippen LogP contribution < -0.4 is 10.6 Å². The largest absolute Gasteiger partial charge is 0.322 e. The second-order valence-corrected chi connectivity index (χ2v) is 13.6. The molecule has 0 aromatic heterocycles. The first kappa shape index (κ1) is 28.0. The van der Waals surface area contributed by atoms with Crippen LogP contribution in [0.15, 0.2) is 82.6 Å². The van der Waals surface area contributed by atoms with Crippen LogP contribution in [0.1, 0.15) is 46.4 Å². The first-order valence-corrected chi connectivity index (χ1v) is 16.0. The van der Waals surface area contributed by atoms with Crippen LogP contribution in [-0.4, -0.2) is 63.4 Å². The molecule has 10 nitrogen and oxygen atoms in total. The third-order valence-electron chi connectivity index (χ3n) is 7.00. The van der Waals surface area contributed by atoms with Crippen molar-refractivity contribution in [3.63, 3.8) is 0 Å². The molecule has 2 heterocycles. The van der Waals surface area contributed by atoms with Crippen molar-refractivity contribution in [1.82, 2.24) is 8.61 Å². The first-order valence-electron chi connectivity index (χ1n) is 13.1. The number of benzene rings is 3. The average Bonchev–Trinajstić information content (AvgIpc) is 3.70. The average molecular weight is 583 g/mol. The molecule has 5 rings (SSSR count). The highest BCUT2D eigenvalue weighted by molar-refractivity contribution is 7.89. The Hall–Kier alpha value is -3.58. The van der Waals surface area contributed by atoms with E-state index in [1.54, 1.807) is 48.5 Å².